The number of hydrogen-bond donors (Lipinski definition) is 1. The molecule has 104 valence electrons. The van der Waals surface area contributed by atoms with E-state index in [9.17, 15) is 0 Å². The van der Waals surface area contributed by atoms with Crippen LogP contribution < -0.4 is 0 Å². The summed E-state index contributed by atoms with van der Waals surface area (Å²) in [5.74, 6) is 0. The van der Waals surface area contributed by atoms with Crippen LogP contribution in [0.3, 0.4) is 0 Å². The van der Waals surface area contributed by atoms with Crippen molar-refractivity contribution >= 4 is 11.8 Å². The Morgan fingerprint density at radius 3 is 2.48 bits per heavy atom. The highest BCUT2D eigenvalue weighted by Crippen LogP contribution is 2.48. The summed E-state index contributed by atoms with van der Waals surface area (Å²) in [6, 6.07) is 15.2. The zero-order chi connectivity index (χ0) is 15.0. The molecule has 1 aliphatic carbocycles. The van der Waals surface area contributed by atoms with E-state index in [0.29, 0.717) is 0 Å². The molecule has 0 unspecified atom stereocenters. The van der Waals surface area contributed by atoms with E-state index in [4.69, 9.17) is 5.41 Å². The van der Waals surface area contributed by atoms with Crippen molar-refractivity contribution in [1.82, 2.24) is 0 Å². The number of nitrogens with one attached hydrogen (secondary N) is 1. The third-order valence-corrected chi connectivity index (χ3v) is 4.40. The lowest BCUT2D eigenvalue weighted by molar-refractivity contribution is 0.660. The first kappa shape index (κ1) is 13.6. The summed E-state index contributed by atoms with van der Waals surface area (Å²) in [6.07, 6.45) is 4.89. The molecule has 1 heteroatoms. The summed E-state index contributed by atoms with van der Waals surface area (Å²) >= 11 is 0. The van der Waals surface area contributed by atoms with Gasteiger partial charge in [-0.2, -0.15) is 0 Å². The van der Waals surface area contributed by atoms with E-state index >= 15 is 0 Å². The van der Waals surface area contributed by atoms with Crippen LogP contribution in [0.4, 0.5) is 0 Å². The minimum Gasteiger partial charge on any atom is -0.309 e. The van der Waals surface area contributed by atoms with Gasteiger partial charge in [0.1, 0.15) is 0 Å². The Bertz CT molecular complexity index is 763. The molecule has 0 saturated heterocycles. The predicted octanol–water partition coefficient (Wildman–Crippen LogP) is 5.21. The monoisotopic (exact) mass is 273 g/mol. The standard InChI is InChI=1S/C20H19N/c1-4-14(11-12-21)15-9-10-19-17(13-15)16-7-5-6-8-18(16)20(19,2)3/h4-13,21H,1H2,2-3H3/b14-11+,21-12?. The molecule has 1 aliphatic rings. The minimum atomic E-state index is 0.0457. The van der Waals surface area contributed by atoms with E-state index in [2.05, 4.69) is 62.9 Å². The number of rotatable bonds is 3. The van der Waals surface area contributed by atoms with Gasteiger partial charge in [0, 0.05) is 11.6 Å². The summed E-state index contributed by atoms with van der Waals surface area (Å²) in [4.78, 5) is 0. The fourth-order valence-corrected chi connectivity index (χ4v) is 3.27. The first-order valence-electron chi connectivity index (χ1n) is 7.17. The molecule has 2 aromatic rings. The SMILES string of the molecule is C=C/C(=C\C=N)c1ccc2c(c1)-c1ccccc1C2(C)C. The van der Waals surface area contributed by atoms with Gasteiger partial charge in [0.2, 0.25) is 0 Å². The number of benzene rings is 2. The average molecular weight is 273 g/mol. The van der Waals surface area contributed by atoms with Crippen molar-refractivity contribution in [3.05, 3.63) is 77.9 Å². The third-order valence-electron chi connectivity index (χ3n) is 4.40. The van der Waals surface area contributed by atoms with Crippen LogP contribution in [-0.4, -0.2) is 6.21 Å². The summed E-state index contributed by atoms with van der Waals surface area (Å²) in [6.45, 7) is 8.40. The fourth-order valence-electron chi connectivity index (χ4n) is 3.27. The van der Waals surface area contributed by atoms with Crippen LogP contribution in [0.25, 0.3) is 16.7 Å². The zero-order valence-corrected chi connectivity index (χ0v) is 12.5. The van der Waals surface area contributed by atoms with Gasteiger partial charge < -0.3 is 5.41 Å². The average Bonchev–Trinajstić information content (AvgIpc) is 2.73. The molecule has 0 amide bonds. The van der Waals surface area contributed by atoms with E-state index in [-0.39, 0.29) is 5.41 Å². The third kappa shape index (κ3) is 1.97. The van der Waals surface area contributed by atoms with Crippen LogP contribution in [0.2, 0.25) is 0 Å². The second kappa shape index (κ2) is 4.85. The van der Waals surface area contributed by atoms with Gasteiger partial charge in [-0.25, -0.2) is 0 Å². The molecule has 0 heterocycles. The number of fused-ring (bicyclic) bond motifs is 3. The van der Waals surface area contributed by atoms with Crippen LogP contribution in [0.5, 0.6) is 0 Å². The molecule has 0 aromatic heterocycles. The highest BCUT2D eigenvalue weighted by Gasteiger charge is 2.34. The Morgan fingerprint density at radius 2 is 1.76 bits per heavy atom. The van der Waals surface area contributed by atoms with Gasteiger partial charge in [0.05, 0.1) is 0 Å². The molecular formula is C20H19N. The molecule has 21 heavy (non-hydrogen) atoms. The fraction of sp³-hybridized carbons (Fsp3) is 0.150. The Hall–Kier alpha value is -2.41. The first-order valence-corrected chi connectivity index (χ1v) is 7.17. The summed E-state index contributed by atoms with van der Waals surface area (Å²) in [5.41, 5.74) is 7.50. The lowest BCUT2D eigenvalue weighted by Crippen LogP contribution is -2.14. The molecule has 1 nitrogen and oxygen atoms in total. The molecule has 3 rings (SSSR count). The van der Waals surface area contributed by atoms with Crippen molar-refractivity contribution in [1.29, 1.82) is 5.41 Å². The Morgan fingerprint density at radius 1 is 1.05 bits per heavy atom. The van der Waals surface area contributed by atoms with Crippen LogP contribution in [-0.2, 0) is 5.41 Å². The van der Waals surface area contributed by atoms with Crippen molar-refractivity contribution in [3.8, 4) is 11.1 Å². The van der Waals surface area contributed by atoms with Gasteiger partial charge in [0.25, 0.3) is 0 Å². The molecule has 0 fully saturated rings. The smallest absolute Gasteiger partial charge is 0.0183 e. The molecule has 2 aromatic carbocycles. The van der Waals surface area contributed by atoms with E-state index in [1.54, 1.807) is 12.2 Å². The molecule has 0 radical (unpaired) electrons. The Balaban J connectivity index is 2.25. The van der Waals surface area contributed by atoms with E-state index in [0.717, 1.165) is 11.1 Å². The Labute approximate surface area is 126 Å². The number of hydrogen-bond acceptors (Lipinski definition) is 1. The second-order valence-corrected chi connectivity index (χ2v) is 5.92. The largest absolute Gasteiger partial charge is 0.309 e. The minimum absolute atomic E-state index is 0.0457. The van der Waals surface area contributed by atoms with E-state index in [1.165, 1.54) is 28.5 Å². The van der Waals surface area contributed by atoms with Crippen LogP contribution in [0.1, 0.15) is 30.5 Å². The molecule has 0 spiro atoms. The second-order valence-electron chi connectivity index (χ2n) is 5.92. The van der Waals surface area contributed by atoms with E-state index < -0.39 is 0 Å². The highest BCUT2D eigenvalue weighted by molar-refractivity contribution is 5.90. The maximum absolute atomic E-state index is 7.27. The van der Waals surface area contributed by atoms with Crippen LogP contribution in [0.15, 0.2) is 61.2 Å². The van der Waals surface area contributed by atoms with Gasteiger partial charge in [-0.3, -0.25) is 0 Å². The summed E-state index contributed by atoms with van der Waals surface area (Å²) < 4.78 is 0. The molecule has 1 N–H and O–H groups in total. The maximum Gasteiger partial charge on any atom is 0.0183 e. The normalized spacial score (nSPS) is 15.2. The maximum atomic E-state index is 7.27. The van der Waals surface area contributed by atoms with Crippen molar-refractivity contribution in [2.75, 3.05) is 0 Å². The molecule has 0 bridgehead atoms. The van der Waals surface area contributed by atoms with Crippen LogP contribution >= 0.6 is 0 Å². The number of allylic oxidation sites excluding steroid dienone is 3. The van der Waals surface area contributed by atoms with Crippen molar-refractivity contribution < 1.29 is 0 Å². The molecule has 0 saturated carbocycles. The van der Waals surface area contributed by atoms with Crippen molar-refractivity contribution in [2.24, 2.45) is 0 Å². The van der Waals surface area contributed by atoms with Gasteiger partial charge in [-0.15, -0.1) is 0 Å². The molecule has 0 atom stereocenters. The van der Waals surface area contributed by atoms with Crippen molar-refractivity contribution in [2.45, 2.75) is 19.3 Å². The first-order chi connectivity index (χ1) is 10.1. The lowest BCUT2D eigenvalue weighted by Gasteiger charge is -2.21. The lowest BCUT2D eigenvalue weighted by atomic mass is 9.82. The molecular weight excluding hydrogens is 254 g/mol. The van der Waals surface area contributed by atoms with Gasteiger partial charge >= 0.3 is 0 Å². The zero-order valence-electron chi connectivity index (χ0n) is 12.5. The molecule has 0 aliphatic heterocycles. The topological polar surface area (TPSA) is 23.9 Å². The van der Waals surface area contributed by atoms with E-state index in [1.807, 2.05) is 0 Å². The van der Waals surface area contributed by atoms with Crippen molar-refractivity contribution in [3.63, 3.8) is 0 Å². The summed E-state index contributed by atoms with van der Waals surface area (Å²) in [7, 11) is 0. The predicted molar refractivity (Wildman–Crippen MR) is 91.0 cm³/mol. The quantitative estimate of drug-likeness (QED) is 0.586. The van der Waals surface area contributed by atoms with Crippen LogP contribution in [0, 0.1) is 5.41 Å². The van der Waals surface area contributed by atoms with Gasteiger partial charge in [-0.05, 0) is 45.5 Å². The highest BCUT2D eigenvalue weighted by atomic mass is 14.4. The van der Waals surface area contributed by atoms with Gasteiger partial charge in [0.15, 0.2) is 0 Å². The summed E-state index contributed by atoms with van der Waals surface area (Å²) in [5, 5.41) is 7.27. The Kier molecular flexibility index (Phi) is 3.13. The van der Waals surface area contributed by atoms with Gasteiger partial charge in [-0.1, -0.05) is 62.9 Å².